The summed E-state index contributed by atoms with van der Waals surface area (Å²) in [6.45, 7) is 1.44. The van der Waals surface area contributed by atoms with Crippen LogP contribution in [0, 0.1) is 0 Å². The van der Waals surface area contributed by atoms with E-state index >= 15 is 0 Å². The van der Waals surface area contributed by atoms with Gasteiger partial charge in [-0.2, -0.15) is 0 Å². The predicted octanol–water partition coefficient (Wildman–Crippen LogP) is -3.61. The van der Waals surface area contributed by atoms with Crippen molar-refractivity contribution >= 4 is 29.2 Å². The Bertz CT molecular complexity index is 146. The van der Waals surface area contributed by atoms with Gasteiger partial charge in [-0.05, 0) is 10.7 Å². The monoisotopic (exact) mass is 200 g/mol. The van der Waals surface area contributed by atoms with Crippen LogP contribution in [0.15, 0.2) is 0 Å². The molecule has 0 bridgehead atoms. The molecule has 1 saturated heterocycles. The quantitative estimate of drug-likeness (QED) is 0.260. The van der Waals surface area contributed by atoms with Gasteiger partial charge >= 0.3 is 29.6 Å². The molecule has 0 radical (unpaired) electrons. The molecular formula is C5H9N2NaOS2. The summed E-state index contributed by atoms with van der Waals surface area (Å²) in [5, 5.41) is 10.9. The van der Waals surface area contributed by atoms with Crippen LogP contribution in [0.1, 0.15) is 6.42 Å². The van der Waals surface area contributed by atoms with Crippen LogP contribution in [0.5, 0.6) is 0 Å². The maximum atomic E-state index is 9.05. The van der Waals surface area contributed by atoms with Crippen molar-refractivity contribution in [1.29, 1.82) is 0 Å². The van der Waals surface area contributed by atoms with E-state index in [2.05, 4.69) is 30.3 Å². The fourth-order valence-electron chi connectivity index (χ4n) is 0.972. The molecule has 1 fully saturated rings. The SMILES string of the molecule is O[C@@H]1CCN(NC(=S)[S-])C1.[Na+]. The molecule has 0 unspecified atom stereocenters. The molecule has 1 atom stereocenters. The summed E-state index contributed by atoms with van der Waals surface area (Å²) in [5.41, 5.74) is 2.79. The molecule has 2 N–H and O–H groups in total. The molecule has 0 aromatic carbocycles. The van der Waals surface area contributed by atoms with Gasteiger partial charge in [-0.3, -0.25) is 0 Å². The zero-order valence-electron chi connectivity index (χ0n) is 6.41. The van der Waals surface area contributed by atoms with Gasteiger partial charge < -0.3 is 35.4 Å². The Morgan fingerprint density at radius 2 is 2.36 bits per heavy atom. The summed E-state index contributed by atoms with van der Waals surface area (Å²) in [5.74, 6) is 0. The van der Waals surface area contributed by atoms with E-state index in [1.807, 2.05) is 5.01 Å². The fraction of sp³-hybridized carbons (Fsp3) is 0.800. The molecule has 0 aliphatic carbocycles. The van der Waals surface area contributed by atoms with Crippen molar-refractivity contribution in [2.45, 2.75) is 12.5 Å². The molecule has 1 heterocycles. The number of hydrogen-bond donors (Lipinski definition) is 2. The minimum atomic E-state index is -0.225. The maximum Gasteiger partial charge on any atom is 1.00 e. The first-order chi connectivity index (χ1) is 4.68. The second kappa shape index (κ2) is 5.64. The molecule has 0 aromatic rings. The van der Waals surface area contributed by atoms with Crippen LogP contribution in [-0.4, -0.2) is 33.6 Å². The number of hydrogen-bond acceptors (Lipinski definition) is 4. The summed E-state index contributed by atoms with van der Waals surface area (Å²) >= 11 is 9.30. The molecule has 11 heavy (non-hydrogen) atoms. The summed E-state index contributed by atoms with van der Waals surface area (Å²) in [4.78, 5) is 0. The third kappa shape index (κ3) is 4.57. The van der Waals surface area contributed by atoms with Crippen LogP contribution < -0.4 is 35.0 Å². The Morgan fingerprint density at radius 1 is 1.73 bits per heavy atom. The second-order valence-electron chi connectivity index (χ2n) is 2.29. The van der Waals surface area contributed by atoms with Gasteiger partial charge in [0.15, 0.2) is 0 Å². The average molecular weight is 200 g/mol. The molecule has 3 nitrogen and oxygen atoms in total. The number of aliphatic hydroxyl groups is 1. The molecule has 6 heteroatoms. The fourth-order valence-corrected chi connectivity index (χ4v) is 1.23. The van der Waals surface area contributed by atoms with Crippen LogP contribution >= 0.6 is 12.2 Å². The Morgan fingerprint density at radius 3 is 2.73 bits per heavy atom. The molecule has 0 spiro atoms. The zero-order chi connectivity index (χ0) is 7.56. The van der Waals surface area contributed by atoms with E-state index in [1.165, 1.54) is 0 Å². The number of nitrogens with one attached hydrogen (secondary N) is 1. The van der Waals surface area contributed by atoms with Crippen molar-refractivity contribution in [2.24, 2.45) is 0 Å². The van der Waals surface area contributed by atoms with Gasteiger partial charge in [-0.1, -0.05) is 0 Å². The Balaban J connectivity index is 0.000001000. The van der Waals surface area contributed by atoms with E-state index in [1.54, 1.807) is 0 Å². The summed E-state index contributed by atoms with van der Waals surface area (Å²) in [7, 11) is 0. The molecule has 0 saturated carbocycles. The van der Waals surface area contributed by atoms with Crippen LogP contribution in [0.4, 0.5) is 0 Å². The molecular weight excluding hydrogens is 191 g/mol. The Kier molecular flexibility index (Phi) is 6.17. The van der Waals surface area contributed by atoms with E-state index < -0.39 is 0 Å². The van der Waals surface area contributed by atoms with Crippen molar-refractivity contribution in [2.75, 3.05) is 13.1 Å². The largest absolute Gasteiger partial charge is 1.00 e. The van der Waals surface area contributed by atoms with Crippen molar-refractivity contribution < 1.29 is 34.7 Å². The Labute approximate surface area is 99.2 Å². The number of rotatable bonds is 1. The van der Waals surface area contributed by atoms with E-state index in [-0.39, 0.29) is 35.7 Å². The predicted molar refractivity (Wildman–Crippen MR) is 45.3 cm³/mol. The average Bonchev–Trinajstić information content (AvgIpc) is 2.13. The summed E-state index contributed by atoms with van der Waals surface area (Å²) in [6, 6.07) is 0. The first-order valence-corrected chi connectivity index (χ1v) is 3.91. The minimum absolute atomic E-state index is 0. The summed E-state index contributed by atoms with van der Waals surface area (Å²) < 4.78 is 0.342. The second-order valence-corrected chi connectivity index (χ2v) is 3.36. The molecule has 1 aliphatic rings. The third-order valence-electron chi connectivity index (χ3n) is 1.41. The van der Waals surface area contributed by atoms with Gasteiger partial charge in [-0.25, -0.2) is 5.01 Å². The third-order valence-corrected chi connectivity index (χ3v) is 1.60. The number of hydrazine groups is 1. The van der Waals surface area contributed by atoms with Crippen molar-refractivity contribution in [3.8, 4) is 0 Å². The van der Waals surface area contributed by atoms with Gasteiger partial charge in [-0.15, -0.1) is 0 Å². The first-order valence-electron chi connectivity index (χ1n) is 3.09. The van der Waals surface area contributed by atoms with Crippen LogP contribution in [0.3, 0.4) is 0 Å². The van der Waals surface area contributed by atoms with Crippen LogP contribution in [0.2, 0.25) is 0 Å². The van der Waals surface area contributed by atoms with Gasteiger partial charge in [0, 0.05) is 13.1 Å². The van der Waals surface area contributed by atoms with Gasteiger partial charge in [0.2, 0.25) is 0 Å². The number of thiocarbonyl (C=S) groups is 1. The molecule has 0 amide bonds. The molecule has 1 aliphatic heterocycles. The van der Waals surface area contributed by atoms with E-state index in [0.717, 1.165) is 13.0 Å². The van der Waals surface area contributed by atoms with Gasteiger partial charge in [0.25, 0.3) is 0 Å². The Hall–Kier alpha value is 1.03. The first kappa shape index (κ1) is 12.0. The molecule has 0 aromatic heterocycles. The molecule has 58 valence electrons. The smallest absolute Gasteiger partial charge is 0.410 e. The number of nitrogens with zero attached hydrogens (tertiary/aromatic N) is 1. The summed E-state index contributed by atoms with van der Waals surface area (Å²) in [6.07, 6.45) is 0.571. The zero-order valence-corrected chi connectivity index (χ0v) is 10.0. The van der Waals surface area contributed by atoms with Crippen LogP contribution in [-0.2, 0) is 12.6 Å². The van der Waals surface area contributed by atoms with Crippen molar-refractivity contribution in [3.05, 3.63) is 0 Å². The van der Waals surface area contributed by atoms with Crippen LogP contribution in [0.25, 0.3) is 0 Å². The standard InChI is InChI=1S/C5H10N2OS2.Na/c8-4-1-2-7(3-4)6-5(9)10;/h4,8H,1-3H2,(H2,6,9,10);/q;+1/p-1/t4-;/m1./s1. The maximum absolute atomic E-state index is 9.05. The number of aliphatic hydroxyl groups excluding tert-OH is 1. The van der Waals surface area contributed by atoms with E-state index in [0.29, 0.717) is 10.9 Å². The van der Waals surface area contributed by atoms with E-state index in [4.69, 9.17) is 5.11 Å². The van der Waals surface area contributed by atoms with Gasteiger partial charge in [0.05, 0.1) is 6.10 Å². The molecule has 1 rings (SSSR count). The van der Waals surface area contributed by atoms with E-state index in [9.17, 15) is 0 Å². The normalized spacial score (nSPS) is 24.3. The van der Waals surface area contributed by atoms with Crippen molar-refractivity contribution in [3.63, 3.8) is 0 Å². The van der Waals surface area contributed by atoms with Crippen molar-refractivity contribution in [1.82, 2.24) is 10.4 Å². The van der Waals surface area contributed by atoms with Gasteiger partial charge in [0.1, 0.15) is 0 Å². The number of β-amino-alcohol motifs (C(OH)–C–C–N with tert-alkyl or cyclic N) is 1. The topological polar surface area (TPSA) is 35.5 Å². The minimum Gasteiger partial charge on any atom is -0.410 e.